The van der Waals surface area contributed by atoms with Gasteiger partial charge >= 0.3 is 0 Å². The fourth-order valence-electron chi connectivity index (χ4n) is 7.48. The first-order valence-electron chi connectivity index (χ1n) is 14.7. The van der Waals surface area contributed by atoms with Crippen molar-refractivity contribution in [2.24, 2.45) is 0 Å². The van der Waals surface area contributed by atoms with E-state index in [1.807, 2.05) is 24.5 Å². The molecule has 5 aromatic carbocycles. The van der Waals surface area contributed by atoms with Crippen LogP contribution in [0.1, 0.15) is 22.3 Å². The number of pyridine rings is 2. The third-order valence-electron chi connectivity index (χ3n) is 9.27. The minimum Gasteiger partial charge on any atom is -0.264 e. The third kappa shape index (κ3) is 3.35. The van der Waals surface area contributed by atoms with Crippen molar-refractivity contribution >= 4 is 0 Å². The molecule has 0 bridgehead atoms. The maximum atomic E-state index is 4.85. The van der Waals surface area contributed by atoms with Crippen molar-refractivity contribution in [1.29, 1.82) is 0 Å². The van der Waals surface area contributed by atoms with Gasteiger partial charge in [-0.1, -0.05) is 115 Å². The standard InChI is InChI=1S/C41H26N2/c1-2-12-31-30(11-1)32-13-3-6-16-36(32)41(37-17-7-4-14-33(37)34-15-5-8-18-38(34)41)39-24-27(19-21-35(31)39)28-20-22-40(43-26-28)29-10-9-23-42-25-29/h1-26H. The first-order chi connectivity index (χ1) is 21.3. The van der Waals surface area contributed by atoms with E-state index in [0.29, 0.717) is 0 Å². The fraction of sp³-hybridized carbons (Fsp3) is 0.0244. The highest BCUT2D eigenvalue weighted by Gasteiger charge is 2.49. The predicted octanol–water partition coefficient (Wildman–Crippen LogP) is 9.82. The first-order valence-corrected chi connectivity index (χ1v) is 14.7. The number of hydrogen-bond donors (Lipinski definition) is 0. The van der Waals surface area contributed by atoms with Gasteiger partial charge in [0, 0.05) is 29.7 Å². The van der Waals surface area contributed by atoms with Gasteiger partial charge in [0.05, 0.1) is 11.1 Å². The smallest absolute Gasteiger partial charge is 0.0725 e. The summed E-state index contributed by atoms with van der Waals surface area (Å²) < 4.78 is 0. The quantitative estimate of drug-likeness (QED) is 0.216. The molecule has 2 nitrogen and oxygen atoms in total. The lowest BCUT2D eigenvalue weighted by Gasteiger charge is -2.35. The molecule has 2 heterocycles. The molecule has 43 heavy (non-hydrogen) atoms. The SMILES string of the molecule is c1cncc(-c2ccc(-c3ccc4c(c3)C3(c5ccccc5-c5ccccc5-4)c4ccccc4-c4ccccc43)cn2)c1. The minimum atomic E-state index is -0.475. The van der Waals surface area contributed by atoms with Gasteiger partial charge in [-0.3, -0.25) is 9.97 Å². The molecule has 200 valence electrons. The molecule has 0 aliphatic heterocycles. The maximum Gasteiger partial charge on any atom is 0.0725 e. The molecule has 0 unspecified atom stereocenters. The summed E-state index contributed by atoms with van der Waals surface area (Å²) in [6.45, 7) is 0. The number of fused-ring (bicyclic) bond motifs is 12. The van der Waals surface area contributed by atoms with E-state index in [9.17, 15) is 0 Å². The zero-order valence-corrected chi connectivity index (χ0v) is 23.4. The van der Waals surface area contributed by atoms with Gasteiger partial charge in [-0.05, 0) is 85.5 Å². The van der Waals surface area contributed by atoms with E-state index in [4.69, 9.17) is 4.98 Å². The number of hydrogen-bond acceptors (Lipinski definition) is 2. The van der Waals surface area contributed by atoms with Gasteiger partial charge in [0.2, 0.25) is 0 Å². The molecule has 1 spiro atoms. The first kappa shape index (κ1) is 24.0. The molecule has 0 saturated heterocycles. The number of benzene rings is 5. The van der Waals surface area contributed by atoms with E-state index in [0.717, 1.165) is 22.4 Å². The lowest BCUT2D eigenvalue weighted by molar-refractivity contribution is 0.776. The van der Waals surface area contributed by atoms with Crippen LogP contribution in [0.15, 0.2) is 158 Å². The average Bonchev–Trinajstić information content (AvgIpc) is 3.34. The number of rotatable bonds is 2. The highest BCUT2D eigenvalue weighted by Crippen LogP contribution is 2.61. The normalized spacial score (nSPS) is 13.3. The molecule has 0 amide bonds. The molecule has 0 atom stereocenters. The summed E-state index contributed by atoms with van der Waals surface area (Å²) in [4.78, 5) is 9.12. The van der Waals surface area contributed by atoms with Crippen LogP contribution in [-0.4, -0.2) is 9.97 Å². The molecule has 7 aromatic rings. The fourth-order valence-corrected chi connectivity index (χ4v) is 7.48. The molecule has 2 heteroatoms. The van der Waals surface area contributed by atoms with E-state index >= 15 is 0 Å². The van der Waals surface area contributed by atoms with Gasteiger partial charge in [0.1, 0.15) is 0 Å². The van der Waals surface area contributed by atoms with E-state index in [1.165, 1.54) is 55.6 Å². The van der Waals surface area contributed by atoms with Gasteiger partial charge in [-0.25, -0.2) is 0 Å². The molecule has 2 aromatic heterocycles. The second-order valence-electron chi connectivity index (χ2n) is 11.4. The van der Waals surface area contributed by atoms with Crippen molar-refractivity contribution in [3.8, 4) is 55.8 Å². The zero-order chi connectivity index (χ0) is 28.4. The monoisotopic (exact) mass is 546 g/mol. The summed E-state index contributed by atoms with van der Waals surface area (Å²) in [6.07, 6.45) is 5.64. The van der Waals surface area contributed by atoms with E-state index in [1.54, 1.807) is 6.20 Å². The van der Waals surface area contributed by atoms with E-state index in [-0.39, 0.29) is 0 Å². The van der Waals surface area contributed by atoms with Crippen LogP contribution in [0.25, 0.3) is 55.8 Å². The summed E-state index contributed by atoms with van der Waals surface area (Å²) in [7, 11) is 0. The summed E-state index contributed by atoms with van der Waals surface area (Å²) in [5.74, 6) is 0. The van der Waals surface area contributed by atoms with Crippen molar-refractivity contribution in [3.05, 3.63) is 180 Å². The van der Waals surface area contributed by atoms with Crippen molar-refractivity contribution in [3.63, 3.8) is 0 Å². The van der Waals surface area contributed by atoms with Crippen molar-refractivity contribution in [2.75, 3.05) is 0 Å². The van der Waals surface area contributed by atoms with Crippen LogP contribution in [0.3, 0.4) is 0 Å². The molecule has 9 rings (SSSR count). The molecular weight excluding hydrogens is 520 g/mol. The minimum absolute atomic E-state index is 0.475. The second-order valence-corrected chi connectivity index (χ2v) is 11.4. The Morgan fingerprint density at radius 3 is 1.47 bits per heavy atom. The molecule has 2 aliphatic rings. The van der Waals surface area contributed by atoms with Gasteiger partial charge in [-0.2, -0.15) is 0 Å². The largest absolute Gasteiger partial charge is 0.264 e. The van der Waals surface area contributed by atoms with Crippen LogP contribution in [0, 0.1) is 0 Å². The van der Waals surface area contributed by atoms with Gasteiger partial charge in [-0.15, -0.1) is 0 Å². The summed E-state index contributed by atoms with van der Waals surface area (Å²) >= 11 is 0. The Kier molecular flexibility index (Phi) is 5.15. The predicted molar refractivity (Wildman–Crippen MR) is 175 cm³/mol. The van der Waals surface area contributed by atoms with Crippen molar-refractivity contribution in [1.82, 2.24) is 9.97 Å². The molecule has 0 N–H and O–H groups in total. The molecule has 0 radical (unpaired) electrons. The van der Waals surface area contributed by atoms with Crippen LogP contribution in [-0.2, 0) is 5.41 Å². The van der Waals surface area contributed by atoms with Crippen LogP contribution in [0.2, 0.25) is 0 Å². The highest BCUT2D eigenvalue weighted by molar-refractivity contribution is 5.97. The van der Waals surface area contributed by atoms with Crippen LogP contribution in [0.5, 0.6) is 0 Å². The lowest BCUT2D eigenvalue weighted by Crippen LogP contribution is -2.29. The second kappa shape index (κ2) is 9.20. The lowest BCUT2D eigenvalue weighted by atomic mass is 9.65. The van der Waals surface area contributed by atoms with Crippen LogP contribution in [0.4, 0.5) is 0 Å². The third-order valence-corrected chi connectivity index (χ3v) is 9.27. The molecule has 2 aliphatic carbocycles. The van der Waals surface area contributed by atoms with Gasteiger partial charge in [0.15, 0.2) is 0 Å². The Labute approximate surface area is 251 Å². The van der Waals surface area contributed by atoms with E-state index < -0.39 is 5.41 Å². The Morgan fingerprint density at radius 1 is 0.372 bits per heavy atom. The summed E-state index contributed by atoms with van der Waals surface area (Å²) in [5, 5.41) is 0. The summed E-state index contributed by atoms with van der Waals surface area (Å²) in [6, 6.07) is 51.1. The molecule has 0 fully saturated rings. The van der Waals surface area contributed by atoms with Crippen LogP contribution >= 0.6 is 0 Å². The van der Waals surface area contributed by atoms with Gasteiger partial charge in [0.25, 0.3) is 0 Å². The van der Waals surface area contributed by atoms with Crippen molar-refractivity contribution < 1.29 is 0 Å². The summed E-state index contributed by atoms with van der Waals surface area (Å²) in [5.41, 5.74) is 16.7. The van der Waals surface area contributed by atoms with Crippen LogP contribution < -0.4 is 0 Å². The van der Waals surface area contributed by atoms with Gasteiger partial charge < -0.3 is 0 Å². The highest BCUT2D eigenvalue weighted by atomic mass is 14.7. The average molecular weight is 547 g/mol. The number of nitrogens with zero attached hydrogens (tertiary/aromatic N) is 2. The number of aromatic nitrogens is 2. The molecular formula is C41H26N2. The zero-order valence-electron chi connectivity index (χ0n) is 23.4. The Morgan fingerprint density at radius 2 is 0.907 bits per heavy atom. The Bertz CT molecular complexity index is 2130. The Balaban J connectivity index is 1.37. The molecule has 0 saturated carbocycles. The maximum absolute atomic E-state index is 4.85. The van der Waals surface area contributed by atoms with E-state index in [2.05, 4.69) is 132 Å². The van der Waals surface area contributed by atoms with Crippen molar-refractivity contribution in [2.45, 2.75) is 5.41 Å². The topological polar surface area (TPSA) is 25.8 Å². The Hall–Kier alpha value is -5.60.